The van der Waals surface area contributed by atoms with Gasteiger partial charge in [-0.2, -0.15) is 0 Å². The number of imidazole rings is 1. The number of carbonyl (C=O) groups is 2. The molecule has 0 saturated carbocycles. The molecule has 0 radical (unpaired) electrons. The van der Waals surface area contributed by atoms with Crippen molar-refractivity contribution in [2.75, 3.05) is 13.1 Å². The number of carbonyl (C=O) groups excluding carboxylic acids is 1. The zero-order chi connectivity index (χ0) is 23.1. The van der Waals surface area contributed by atoms with Gasteiger partial charge in [0, 0.05) is 36.6 Å². The number of benzene rings is 2. The molecule has 33 heavy (non-hydrogen) atoms. The number of fused-ring (bicyclic) bond motifs is 2. The van der Waals surface area contributed by atoms with Crippen molar-refractivity contribution >= 4 is 33.9 Å². The minimum absolute atomic E-state index is 0.330. The lowest BCUT2D eigenvalue weighted by atomic mass is 10.0. The number of hydrogen-bond donors (Lipinski definition) is 2. The van der Waals surface area contributed by atoms with Crippen molar-refractivity contribution in [3.63, 3.8) is 0 Å². The molecule has 1 aliphatic heterocycles. The van der Waals surface area contributed by atoms with E-state index >= 15 is 0 Å². The zero-order valence-corrected chi connectivity index (χ0v) is 18.8. The van der Waals surface area contributed by atoms with Crippen LogP contribution in [-0.4, -0.2) is 55.3 Å². The van der Waals surface area contributed by atoms with Gasteiger partial charge in [-0.15, -0.1) is 0 Å². The minimum Gasteiger partial charge on any atom is -0.465 e. The van der Waals surface area contributed by atoms with Gasteiger partial charge in [-0.1, -0.05) is 18.2 Å². The van der Waals surface area contributed by atoms with Crippen LogP contribution in [0, 0.1) is 0 Å². The average molecular weight is 446 g/mol. The Labute approximate surface area is 191 Å². The fraction of sp³-hybridized carbons (Fsp3) is 0.320. The second-order valence-electron chi connectivity index (χ2n) is 8.49. The Balaban J connectivity index is 1.56. The van der Waals surface area contributed by atoms with Crippen molar-refractivity contribution in [3.05, 3.63) is 54.1 Å². The molecule has 5 rings (SSSR count). The van der Waals surface area contributed by atoms with E-state index in [1.54, 1.807) is 12.1 Å². The van der Waals surface area contributed by atoms with E-state index in [-0.39, 0.29) is 6.04 Å². The van der Waals surface area contributed by atoms with Gasteiger partial charge < -0.3 is 19.6 Å². The highest BCUT2D eigenvalue weighted by Crippen LogP contribution is 2.30. The molecule has 2 aromatic heterocycles. The number of imide groups is 1. The predicted octanol–water partition coefficient (Wildman–Crippen LogP) is 4.09. The van der Waals surface area contributed by atoms with E-state index in [1.807, 2.05) is 29.8 Å². The molecule has 1 atom stereocenters. The first-order valence-electron chi connectivity index (χ1n) is 11.3. The Bertz CT molecular complexity index is 1360. The lowest BCUT2D eigenvalue weighted by molar-refractivity contribution is 0.0639. The summed E-state index contributed by atoms with van der Waals surface area (Å²) < 4.78 is 4.24. The Morgan fingerprint density at radius 1 is 1.18 bits per heavy atom. The third kappa shape index (κ3) is 3.56. The van der Waals surface area contributed by atoms with Gasteiger partial charge in [-0.3, -0.25) is 4.79 Å². The summed E-state index contributed by atoms with van der Waals surface area (Å²) in [6.45, 7) is 4.24. The molecule has 4 aromatic rings. The number of para-hydroxylation sites is 1. The number of aryl methyl sites for hydroxylation is 2. The van der Waals surface area contributed by atoms with E-state index in [9.17, 15) is 14.7 Å². The van der Waals surface area contributed by atoms with Crippen molar-refractivity contribution in [2.24, 2.45) is 7.05 Å². The number of piperidine rings is 1. The Morgan fingerprint density at radius 2 is 2.00 bits per heavy atom. The summed E-state index contributed by atoms with van der Waals surface area (Å²) in [6.07, 6.45) is 0.293. The van der Waals surface area contributed by atoms with E-state index in [0.29, 0.717) is 24.0 Å². The summed E-state index contributed by atoms with van der Waals surface area (Å²) in [4.78, 5) is 30.9. The molecule has 0 bridgehead atoms. The summed E-state index contributed by atoms with van der Waals surface area (Å²) in [5, 5.41) is 14.1. The van der Waals surface area contributed by atoms with Crippen LogP contribution in [0.15, 0.2) is 48.5 Å². The standard InChI is InChI=1S/C25H27N5O3/c1-3-29-20-9-5-4-7-16(20)14-22(29)23-27-19-13-17(10-11-21(19)28(23)2)24(31)30(25(32)33)18-8-6-12-26-15-18/h4-5,7,9-11,13-14,18,26H,3,6,8,12,15H2,1-2H3,(H,32,33). The molecule has 8 heteroatoms. The Kier molecular flexibility index (Phi) is 5.38. The van der Waals surface area contributed by atoms with Gasteiger partial charge in [0.1, 0.15) is 0 Å². The first-order chi connectivity index (χ1) is 16.0. The van der Waals surface area contributed by atoms with E-state index in [4.69, 9.17) is 4.98 Å². The summed E-state index contributed by atoms with van der Waals surface area (Å²) in [6, 6.07) is 15.2. The highest BCUT2D eigenvalue weighted by molar-refractivity contribution is 6.04. The first kappa shape index (κ1) is 21.2. The fourth-order valence-corrected chi connectivity index (χ4v) is 4.90. The third-order valence-corrected chi connectivity index (χ3v) is 6.54. The SMILES string of the molecule is CCn1c(-c2nc3cc(C(=O)N(C(=O)O)C4CCCNC4)ccc3n2C)cc2ccccc21. The van der Waals surface area contributed by atoms with Crippen molar-refractivity contribution in [1.82, 2.24) is 24.3 Å². The number of rotatable bonds is 4. The lowest BCUT2D eigenvalue weighted by Crippen LogP contribution is -2.51. The Hall–Kier alpha value is -3.65. The van der Waals surface area contributed by atoms with Crippen LogP contribution in [-0.2, 0) is 13.6 Å². The van der Waals surface area contributed by atoms with E-state index in [2.05, 4.69) is 35.0 Å². The molecular weight excluding hydrogens is 418 g/mol. The summed E-state index contributed by atoms with van der Waals surface area (Å²) >= 11 is 0. The van der Waals surface area contributed by atoms with Crippen LogP contribution >= 0.6 is 0 Å². The highest BCUT2D eigenvalue weighted by Gasteiger charge is 2.31. The molecule has 1 unspecified atom stereocenters. The molecule has 3 heterocycles. The number of aromatic nitrogens is 3. The molecule has 170 valence electrons. The topological polar surface area (TPSA) is 92.4 Å². The maximum absolute atomic E-state index is 13.2. The molecule has 1 fully saturated rings. The lowest BCUT2D eigenvalue weighted by Gasteiger charge is -2.31. The second kappa shape index (κ2) is 8.37. The summed E-state index contributed by atoms with van der Waals surface area (Å²) in [5.74, 6) is 0.298. The molecule has 0 spiro atoms. The number of hydrogen-bond acceptors (Lipinski definition) is 4. The number of nitrogens with zero attached hydrogens (tertiary/aromatic N) is 4. The average Bonchev–Trinajstić information content (AvgIpc) is 3.36. The van der Waals surface area contributed by atoms with Gasteiger partial charge in [-0.05, 0) is 56.6 Å². The van der Waals surface area contributed by atoms with Gasteiger partial charge in [0.15, 0.2) is 5.82 Å². The molecule has 2 N–H and O–H groups in total. The van der Waals surface area contributed by atoms with Crippen LogP contribution in [0.2, 0.25) is 0 Å². The van der Waals surface area contributed by atoms with E-state index in [0.717, 1.165) is 52.3 Å². The molecule has 2 amide bonds. The largest absolute Gasteiger partial charge is 0.465 e. The second-order valence-corrected chi connectivity index (χ2v) is 8.49. The third-order valence-electron chi connectivity index (χ3n) is 6.54. The molecule has 1 saturated heterocycles. The van der Waals surface area contributed by atoms with Gasteiger partial charge in [0.25, 0.3) is 5.91 Å². The maximum atomic E-state index is 13.2. The summed E-state index contributed by atoms with van der Waals surface area (Å²) in [7, 11) is 1.96. The van der Waals surface area contributed by atoms with Crippen molar-refractivity contribution in [1.29, 1.82) is 0 Å². The van der Waals surface area contributed by atoms with Crippen LogP contribution in [0.1, 0.15) is 30.1 Å². The van der Waals surface area contributed by atoms with Crippen molar-refractivity contribution in [3.8, 4) is 11.5 Å². The van der Waals surface area contributed by atoms with Gasteiger partial charge in [-0.25, -0.2) is 14.7 Å². The number of nitrogens with one attached hydrogen (secondary N) is 1. The molecule has 8 nitrogen and oxygen atoms in total. The highest BCUT2D eigenvalue weighted by atomic mass is 16.4. The predicted molar refractivity (Wildman–Crippen MR) is 127 cm³/mol. The van der Waals surface area contributed by atoms with Crippen LogP contribution in [0.5, 0.6) is 0 Å². The molecule has 0 aliphatic carbocycles. The first-order valence-corrected chi connectivity index (χ1v) is 11.3. The Morgan fingerprint density at radius 3 is 2.73 bits per heavy atom. The van der Waals surface area contributed by atoms with Crippen molar-refractivity contribution < 1.29 is 14.7 Å². The smallest absolute Gasteiger partial charge is 0.414 e. The molecule has 2 aromatic carbocycles. The van der Waals surface area contributed by atoms with Gasteiger partial charge in [0.2, 0.25) is 0 Å². The normalized spacial score (nSPS) is 16.4. The maximum Gasteiger partial charge on any atom is 0.414 e. The van der Waals surface area contributed by atoms with Crippen molar-refractivity contribution in [2.45, 2.75) is 32.4 Å². The van der Waals surface area contributed by atoms with Crippen LogP contribution < -0.4 is 5.32 Å². The summed E-state index contributed by atoms with van der Waals surface area (Å²) in [5.41, 5.74) is 4.03. The molecular formula is C25H27N5O3. The molecule has 1 aliphatic rings. The van der Waals surface area contributed by atoms with Crippen LogP contribution in [0.25, 0.3) is 33.5 Å². The zero-order valence-electron chi connectivity index (χ0n) is 18.8. The number of carboxylic acid groups (broad SMARTS) is 1. The van der Waals surface area contributed by atoms with E-state index < -0.39 is 12.0 Å². The monoisotopic (exact) mass is 445 g/mol. The van der Waals surface area contributed by atoms with Crippen LogP contribution in [0.4, 0.5) is 4.79 Å². The minimum atomic E-state index is -1.22. The quantitative estimate of drug-likeness (QED) is 0.494. The van der Waals surface area contributed by atoms with Gasteiger partial charge in [0.05, 0.1) is 22.8 Å². The fourth-order valence-electron chi connectivity index (χ4n) is 4.90. The van der Waals surface area contributed by atoms with E-state index in [1.165, 1.54) is 0 Å². The van der Waals surface area contributed by atoms with Crippen LogP contribution in [0.3, 0.4) is 0 Å². The van der Waals surface area contributed by atoms with Gasteiger partial charge >= 0.3 is 6.09 Å². The number of amides is 2.